The van der Waals surface area contributed by atoms with E-state index in [4.69, 9.17) is 0 Å². The predicted molar refractivity (Wildman–Crippen MR) is 60.0 cm³/mol. The lowest BCUT2D eigenvalue weighted by molar-refractivity contribution is -0.922. The summed E-state index contributed by atoms with van der Waals surface area (Å²) in [6, 6.07) is 0. The first kappa shape index (κ1) is 17.1. The molecule has 0 aromatic carbocycles. The Labute approximate surface area is 104 Å². The Kier molecular flexibility index (Phi) is 10.1. The van der Waals surface area contributed by atoms with Crippen molar-refractivity contribution in [3.8, 4) is 0 Å². The molecule has 0 spiro atoms. The molecule has 15 heavy (non-hydrogen) atoms. The Balaban J connectivity index is 0. The van der Waals surface area contributed by atoms with Gasteiger partial charge in [-0.3, -0.25) is 4.79 Å². The molecule has 0 saturated heterocycles. The van der Waals surface area contributed by atoms with Gasteiger partial charge in [-0.2, -0.15) is 0 Å². The highest BCUT2D eigenvalue weighted by Crippen LogP contribution is 2.03. The van der Waals surface area contributed by atoms with E-state index in [1.165, 1.54) is 6.08 Å². The zero-order chi connectivity index (χ0) is 11.0. The first-order chi connectivity index (χ1) is 6.64. The van der Waals surface area contributed by atoms with Crippen LogP contribution in [0.1, 0.15) is 20.8 Å². The number of halogens is 1. The summed E-state index contributed by atoms with van der Waals surface area (Å²) >= 11 is 0. The van der Waals surface area contributed by atoms with E-state index in [1.54, 1.807) is 0 Å². The van der Waals surface area contributed by atoms with Gasteiger partial charge >= 0.3 is 0 Å². The normalized spacial score (nSPS) is 10.3. The topological polar surface area (TPSA) is 29.1 Å². The molecule has 4 heteroatoms. The Morgan fingerprint density at radius 2 is 1.73 bits per heavy atom. The molecule has 0 atom stereocenters. The molecular formula is C11H23BrN2O. The third-order valence-corrected chi connectivity index (χ3v) is 3.08. The number of quaternary nitrogens is 1. The maximum Gasteiger partial charge on any atom is 0.243 e. The molecule has 0 unspecified atom stereocenters. The summed E-state index contributed by atoms with van der Waals surface area (Å²) < 4.78 is 1.07. The van der Waals surface area contributed by atoms with Gasteiger partial charge in [-0.1, -0.05) is 6.58 Å². The molecule has 0 heterocycles. The summed E-state index contributed by atoms with van der Waals surface area (Å²) in [6.45, 7) is 15.1. The highest BCUT2D eigenvalue weighted by atomic mass is 79.9. The van der Waals surface area contributed by atoms with Gasteiger partial charge in [-0.15, -0.1) is 0 Å². The molecule has 0 fully saturated rings. The van der Waals surface area contributed by atoms with Gasteiger partial charge in [0.25, 0.3) is 0 Å². The molecule has 0 aromatic heterocycles. The number of nitrogens with one attached hydrogen (secondary N) is 1. The van der Waals surface area contributed by atoms with Crippen LogP contribution in [0.5, 0.6) is 0 Å². The van der Waals surface area contributed by atoms with Gasteiger partial charge in [0.15, 0.2) is 0 Å². The average molecular weight is 279 g/mol. The third kappa shape index (κ3) is 5.95. The number of carbonyl (C=O) groups excluding carboxylic acids is 1. The molecule has 1 N–H and O–H groups in total. The Morgan fingerprint density at radius 3 is 2.07 bits per heavy atom. The fraction of sp³-hybridized carbons (Fsp3) is 0.727. The van der Waals surface area contributed by atoms with E-state index in [9.17, 15) is 4.79 Å². The zero-order valence-electron chi connectivity index (χ0n) is 10.1. The van der Waals surface area contributed by atoms with Crippen molar-refractivity contribution in [1.29, 1.82) is 0 Å². The second-order valence-corrected chi connectivity index (χ2v) is 3.51. The van der Waals surface area contributed by atoms with Crippen molar-refractivity contribution in [3.05, 3.63) is 12.7 Å². The van der Waals surface area contributed by atoms with E-state index < -0.39 is 0 Å². The molecular weight excluding hydrogens is 256 g/mol. The van der Waals surface area contributed by atoms with E-state index in [1.807, 2.05) is 0 Å². The molecule has 0 aliphatic heterocycles. The molecule has 0 aliphatic carbocycles. The van der Waals surface area contributed by atoms with Crippen LogP contribution in [0.2, 0.25) is 0 Å². The third-order valence-electron chi connectivity index (χ3n) is 3.08. The van der Waals surface area contributed by atoms with Crippen LogP contribution in [0.15, 0.2) is 12.7 Å². The molecule has 0 bridgehead atoms. The number of hydrogen-bond donors (Lipinski definition) is 1. The Morgan fingerprint density at radius 1 is 1.27 bits per heavy atom. The van der Waals surface area contributed by atoms with Gasteiger partial charge in [0.05, 0.1) is 32.7 Å². The van der Waals surface area contributed by atoms with Gasteiger partial charge in [-0.25, -0.2) is 0 Å². The number of rotatable bonds is 7. The first-order valence-electron chi connectivity index (χ1n) is 5.39. The Hall–Kier alpha value is -0.350. The molecule has 0 rings (SSSR count). The highest BCUT2D eigenvalue weighted by Gasteiger charge is 2.19. The summed E-state index contributed by atoms with van der Waals surface area (Å²) in [6.07, 6.45) is 1.32. The molecule has 0 aromatic rings. The molecule has 1 amide bonds. The Bertz CT molecular complexity index is 183. The number of hydrogen-bond acceptors (Lipinski definition) is 1. The molecule has 0 radical (unpaired) electrons. The number of nitrogens with zero attached hydrogens (tertiary/aromatic N) is 1. The van der Waals surface area contributed by atoms with Crippen LogP contribution in [-0.2, 0) is 4.79 Å². The smallest absolute Gasteiger partial charge is 0.243 e. The van der Waals surface area contributed by atoms with Crippen molar-refractivity contribution < 1.29 is 26.3 Å². The first-order valence-corrected chi connectivity index (χ1v) is 5.39. The lowest BCUT2D eigenvalue weighted by atomic mass is 10.3. The van der Waals surface area contributed by atoms with Crippen molar-refractivity contribution >= 4 is 5.91 Å². The zero-order valence-corrected chi connectivity index (χ0v) is 11.6. The summed E-state index contributed by atoms with van der Waals surface area (Å²) in [7, 11) is 0. The summed E-state index contributed by atoms with van der Waals surface area (Å²) in [4.78, 5) is 10.9. The summed E-state index contributed by atoms with van der Waals surface area (Å²) in [5.74, 6) is -0.0774. The fourth-order valence-electron chi connectivity index (χ4n) is 1.63. The van der Waals surface area contributed by atoms with Crippen molar-refractivity contribution in [2.24, 2.45) is 0 Å². The van der Waals surface area contributed by atoms with E-state index in [0.29, 0.717) is 0 Å². The van der Waals surface area contributed by atoms with E-state index in [-0.39, 0.29) is 22.9 Å². The lowest BCUT2D eigenvalue weighted by Crippen LogP contribution is -3.00. The van der Waals surface area contributed by atoms with Crippen LogP contribution >= 0.6 is 0 Å². The number of likely N-dealkylation sites (N-methyl/N-ethyl adjacent to an activating group) is 1. The van der Waals surface area contributed by atoms with Crippen LogP contribution in [0.4, 0.5) is 0 Å². The number of carbonyl (C=O) groups is 1. The van der Waals surface area contributed by atoms with Gasteiger partial charge in [0.2, 0.25) is 5.91 Å². The van der Waals surface area contributed by atoms with Crippen molar-refractivity contribution in [2.75, 3.05) is 32.7 Å². The molecule has 90 valence electrons. The van der Waals surface area contributed by atoms with Crippen molar-refractivity contribution in [3.63, 3.8) is 0 Å². The van der Waals surface area contributed by atoms with Gasteiger partial charge in [0.1, 0.15) is 0 Å². The molecule has 3 nitrogen and oxygen atoms in total. The van der Waals surface area contributed by atoms with Crippen LogP contribution in [0.3, 0.4) is 0 Å². The van der Waals surface area contributed by atoms with Gasteiger partial charge < -0.3 is 26.8 Å². The largest absolute Gasteiger partial charge is 1.00 e. The predicted octanol–water partition coefficient (Wildman–Crippen LogP) is -1.83. The van der Waals surface area contributed by atoms with E-state index in [2.05, 4.69) is 32.7 Å². The van der Waals surface area contributed by atoms with Crippen LogP contribution in [-0.4, -0.2) is 43.1 Å². The number of amides is 1. The van der Waals surface area contributed by atoms with Crippen LogP contribution in [0, 0.1) is 0 Å². The molecule has 0 saturated carbocycles. The summed E-state index contributed by atoms with van der Waals surface area (Å²) in [5, 5.41) is 2.82. The lowest BCUT2D eigenvalue weighted by Gasteiger charge is -2.35. The van der Waals surface area contributed by atoms with Crippen LogP contribution in [0.25, 0.3) is 0 Å². The van der Waals surface area contributed by atoms with Crippen molar-refractivity contribution in [1.82, 2.24) is 5.32 Å². The second kappa shape index (κ2) is 8.92. The second-order valence-electron chi connectivity index (χ2n) is 3.51. The van der Waals surface area contributed by atoms with Gasteiger partial charge in [0, 0.05) is 0 Å². The maximum atomic E-state index is 10.9. The summed E-state index contributed by atoms with van der Waals surface area (Å²) in [5.41, 5.74) is 0. The minimum absolute atomic E-state index is 0. The SMILES string of the molecule is C=CC(=O)NCC[N+](CC)(CC)CC.[Br-]. The standard InChI is InChI=1S/C11H22N2O.BrH/c1-5-11(14)12-9-10-13(6-2,7-3)8-4;/h5H,1,6-10H2,2-4H3;1H. The van der Waals surface area contributed by atoms with Crippen molar-refractivity contribution in [2.45, 2.75) is 20.8 Å². The highest BCUT2D eigenvalue weighted by molar-refractivity contribution is 5.86. The monoisotopic (exact) mass is 278 g/mol. The van der Waals surface area contributed by atoms with Gasteiger partial charge in [-0.05, 0) is 26.8 Å². The molecule has 0 aliphatic rings. The quantitative estimate of drug-likeness (QED) is 0.431. The van der Waals surface area contributed by atoms with E-state index in [0.717, 1.165) is 37.2 Å². The van der Waals surface area contributed by atoms with E-state index >= 15 is 0 Å². The average Bonchev–Trinajstić information content (AvgIpc) is 2.25. The maximum absolute atomic E-state index is 10.9. The minimum atomic E-state index is -0.0774. The van der Waals surface area contributed by atoms with Crippen LogP contribution < -0.4 is 22.3 Å². The minimum Gasteiger partial charge on any atom is -1.00 e. The fourth-order valence-corrected chi connectivity index (χ4v) is 1.63.